The van der Waals surface area contributed by atoms with E-state index in [1.165, 1.54) is 0 Å². The fraction of sp³-hybridized carbons (Fsp3) is 0.565. The number of nitrogens with zero attached hydrogens (tertiary/aromatic N) is 4. The van der Waals surface area contributed by atoms with Crippen LogP contribution >= 0.6 is 0 Å². The second-order valence-corrected chi connectivity index (χ2v) is 8.18. The minimum absolute atomic E-state index is 0.00383. The molecule has 4 rings (SSSR count). The molecule has 0 N–H and O–H groups in total. The van der Waals surface area contributed by atoms with Gasteiger partial charge in [-0.1, -0.05) is 23.4 Å². The normalized spacial score (nSPS) is 19.5. The molecule has 3 heterocycles. The SMILES string of the molecule is CCN(C(=O)CCC(=O)N1CCC(c2nc(C3CCOCC3)no2)C1)c1ccccc1. The van der Waals surface area contributed by atoms with Crippen molar-refractivity contribution in [3.05, 3.63) is 42.0 Å². The molecule has 1 aromatic carbocycles. The second kappa shape index (κ2) is 10.0. The van der Waals surface area contributed by atoms with Crippen molar-refractivity contribution in [3.63, 3.8) is 0 Å². The molecule has 0 aliphatic carbocycles. The minimum Gasteiger partial charge on any atom is -0.381 e. The molecule has 1 unspecified atom stereocenters. The Labute approximate surface area is 182 Å². The van der Waals surface area contributed by atoms with Crippen LogP contribution in [-0.4, -0.2) is 59.7 Å². The molecule has 166 valence electrons. The van der Waals surface area contributed by atoms with Gasteiger partial charge in [0.25, 0.3) is 0 Å². The van der Waals surface area contributed by atoms with Gasteiger partial charge in [0.05, 0.1) is 5.92 Å². The average Bonchev–Trinajstić information content (AvgIpc) is 3.49. The quantitative estimate of drug-likeness (QED) is 0.676. The Bertz CT molecular complexity index is 879. The largest absolute Gasteiger partial charge is 0.381 e. The first kappa shape index (κ1) is 21.5. The van der Waals surface area contributed by atoms with Crippen molar-refractivity contribution in [2.45, 2.75) is 50.9 Å². The van der Waals surface area contributed by atoms with Crippen molar-refractivity contribution < 1.29 is 18.8 Å². The summed E-state index contributed by atoms with van der Waals surface area (Å²) in [5, 5.41) is 4.18. The number of hydrogen-bond donors (Lipinski definition) is 0. The number of rotatable bonds is 7. The van der Waals surface area contributed by atoms with Crippen molar-refractivity contribution in [3.8, 4) is 0 Å². The molecule has 2 aliphatic rings. The number of hydrogen-bond acceptors (Lipinski definition) is 6. The zero-order valence-electron chi connectivity index (χ0n) is 18.0. The van der Waals surface area contributed by atoms with Crippen LogP contribution in [0.4, 0.5) is 5.69 Å². The minimum atomic E-state index is -0.0317. The molecule has 2 amide bonds. The summed E-state index contributed by atoms with van der Waals surface area (Å²) in [5.74, 6) is 1.71. The molecule has 0 spiro atoms. The molecule has 1 aromatic heterocycles. The Morgan fingerprint density at radius 2 is 1.87 bits per heavy atom. The second-order valence-electron chi connectivity index (χ2n) is 8.18. The van der Waals surface area contributed by atoms with Gasteiger partial charge in [-0.15, -0.1) is 0 Å². The van der Waals surface area contributed by atoms with E-state index in [4.69, 9.17) is 9.26 Å². The maximum absolute atomic E-state index is 12.7. The maximum atomic E-state index is 12.7. The van der Waals surface area contributed by atoms with E-state index in [0.29, 0.717) is 31.4 Å². The van der Waals surface area contributed by atoms with E-state index in [1.807, 2.05) is 42.2 Å². The zero-order chi connectivity index (χ0) is 21.6. The highest BCUT2D eigenvalue weighted by Gasteiger charge is 2.32. The predicted molar refractivity (Wildman–Crippen MR) is 115 cm³/mol. The summed E-state index contributed by atoms with van der Waals surface area (Å²) >= 11 is 0. The topological polar surface area (TPSA) is 88.8 Å². The lowest BCUT2D eigenvalue weighted by Gasteiger charge is -2.22. The van der Waals surface area contributed by atoms with Gasteiger partial charge >= 0.3 is 0 Å². The lowest BCUT2D eigenvalue weighted by atomic mass is 10.00. The number of carbonyl (C=O) groups is 2. The summed E-state index contributed by atoms with van der Waals surface area (Å²) in [6, 6.07) is 9.56. The van der Waals surface area contributed by atoms with E-state index in [-0.39, 0.29) is 30.6 Å². The van der Waals surface area contributed by atoms with Crippen molar-refractivity contribution in [2.75, 3.05) is 37.7 Å². The summed E-state index contributed by atoms with van der Waals surface area (Å²) < 4.78 is 10.9. The van der Waals surface area contributed by atoms with Gasteiger partial charge in [0.2, 0.25) is 17.7 Å². The maximum Gasteiger partial charge on any atom is 0.231 e. The van der Waals surface area contributed by atoms with Gasteiger partial charge in [0.1, 0.15) is 0 Å². The number of para-hydroxylation sites is 1. The summed E-state index contributed by atoms with van der Waals surface area (Å²) in [5.41, 5.74) is 0.861. The molecule has 0 radical (unpaired) electrons. The van der Waals surface area contributed by atoms with Crippen LogP contribution in [0.5, 0.6) is 0 Å². The molecular weight excluding hydrogens is 396 g/mol. The summed E-state index contributed by atoms with van der Waals surface area (Å²) in [6.45, 7) is 5.21. The van der Waals surface area contributed by atoms with Gasteiger partial charge in [-0.3, -0.25) is 9.59 Å². The lowest BCUT2D eigenvalue weighted by molar-refractivity contribution is -0.132. The van der Waals surface area contributed by atoms with E-state index < -0.39 is 0 Å². The van der Waals surface area contributed by atoms with E-state index in [1.54, 1.807) is 4.90 Å². The zero-order valence-corrected chi connectivity index (χ0v) is 18.0. The van der Waals surface area contributed by atoms with Gasteiger partial charge in [-0.25, -0.2) is 0 Å². The number of amides is 2. The van der Waals surface area contributed by atoms with E-state index in [2.05, 4.69) is 10.1 Å². The highest BCUT2D eigenvalue weighted by atomic mass is 16.5. The number of benzene rings is 1. The van der Waals surface area contributed by atoms with Gasteiger partial charge in [0.15, 0.2) is 5.82 Å². The Kier molecular flexibility index (Phi) is 6.96. The monoisotopic (exact) mass is 426 g/mol. The molecule has 2 aromatic rings. The van der Waals surface area contributed by atoms with Crippen LogP contribution < -0.4 is 4.90 Å². The molecule has 2 aliphatic heterocycles. The van der Waals surface area contributed by atoms with E-state index >= 15 is 0 Å². The fourth-order valence-corrected chi connectivity index (χ4v) is 4.34. The van der Waals surface area contributed by atoms with Crippen LogP contribution in [0.2, 0.25) is 0 Å². The molecule has 1 atom stereocenters. The highest BCUT2D eigenvalue weighted by molar-refractivity contribution is 5.95. The molecule has 0 saturated carbocycles. The third-order valence-electron chi connectivity index (χ3n) is 6.17. The molecular formula is C23H30N4O4. The van der Waals surface area contributed by atoms with Gasteiger partial charge in [-0.2, -0.15) is 4.98 Å². The number of aromatic nitrogens is 2. The van der Waals surface area contributed by atoms with Crippen LogP contribution in [-0.2, 0) is 14.3 Å². The Balaban J connectivity index is 1.28. The Hall–Kier alpha value is -2.74. The Morgan fingerprint density at radius 1 is 1.10 bits per heavy atom. The lowest BCUT2D eigenvalue weighted by Crippen LogP contribution is -2.33. The molecule has 8 nitrogen and oxygen atoms in total. The Morgan fingerprint density at radius 3 is 2.61 bits per heavy atom. The summed E-state index contributed by atoms with van der Waals surface area (Å²) in [7, 11) is 0. The molecule has 0 bridgehead atoms. The first-order valence-electron chi connectivity index (χ1n) is 11.2. The fourth-order valence-electron chi connectivity index (χ4n) is 4.34. The van der Waals surface area contributed by atoms with Crippen LogP contribution in [0.3, 0.4) is 0 Å². The number of carbonyl (C=O) groups excluding carboxylic acids is 2. The van der Waals surface area contributed by atoms with Crippen LogP contribution in [0.15, 0.2) is 34.9 Å². The predicted octanol–water partition coefficient (Wildman–Crippen LogP) is 3.11. The van der Waals surface area contributed by atoms with Crippen LogP contribution in [0, 0.1) is 0 Å². The van der Waals surface area contributed by atoms with Crippen molar-refractivity contribution in [1.82, 2.24) is 15.0 Å². The van der Waals surface area contributed by atoms with Crippen molar-refractivity contribution in [2.24, 2.45) is 0 Å². The first-order valence-corrected chi connectivity index (χ1v) is 11.2. The molecule has 8 heteroatoms. The van der Waals surface area contributed by atoms with Gasteiger partial charge in [-0.05, 0) is 38.3 Å². The molecule has 2 saturated heterocycles. The highest BCUT2D eigenvalue weighted by Crippen LogP contribution is 2.30. The number of likely N-dealkylation sites (tertiary alicyclic amines) is 1. The summed E-state index contributed by atoms with van der Waals surface area (Å²) in [4.78, 5) is 33.5. The van der Waals surface area contributed by atoms with Gasteiger partial charge < -0.3 is 19.1 Å². The first-order chi connectivity index (χ1) is 15.2. The van der Waals surface area contributed by atoms with Crippen LogP contribution in [0.1, 0.15) is 62.6 Å². The van der Waals surface area contributed by atoms with Crippen molar-refractivity contribution in [1.29, 1.82) is 0 Å². The number of ether oxygens (including phenoxy) is 1. The smallest absolute Gasteiger partial charge is 0.231 e. The third-order valence-corrected chi connectivity index (χ3v) is 6.17. The van der Waals surface area contributed by atoms with Crippen LogP contribution in [0.25, 0.3) is 0 Å². The van der Waals surface area contributed by atoms with E-state index in [9.17, 15) is 9.59 Å². The molecule has 31 heavy (non-hydrogen) atoms. The average molecular weight is 427 g/mol. The molecule has 2 fully saturated rings. The standard InChI is InChI=1S/C23H30N4O4/c1-2-27(19-6-4-3-5-7-19)21(29)9-8-20(28)26-13-10-18(16-26)23-24-22(25-31-23)17-11-14-30-15-12-17/h3-7,17-18H,2,8-16H2,1H3. The van der Waals surface area contributed by atoms with E-state index in [0.717, 1.165) is 44.0 Å². The third kappa shape index (κ3) is 5.12. The van der Waals surface area contributed by atoms with Crippen molar-refractivity contribution >= 4 is 17.5 Å². The van der Waals surface area contributed by atoms with Gasteiger partial charge in [0, 0.05) is 57.3 Å². The number of anilines is 1. The summed E-state index contributed by atoms with van der Waals surface area (Å²) in [6.07, 6.45) is 3.06.